The van der Waals surface area contributed by atoms with Crippen molar-refractivity contribution in [3.05, 3.63) is 9.79 Å². The molecule has 1 aromatic rings. The third-order valence-electron chi connectivity index (χ3n) is 2.61. The third kappa shape index (κ3) is 1.85. The number of hydrogen-bond donors (Lipinski definition) is 0. The van der Waals surface area contributed by atoms with Crippen molar-refractivity contribution >= 4 is 22.6 Å². The summed E-state index contributed by atoms with van der Waals surface area (Å²) in [4.78, 5) is 0. The molecule has 72 valence electrons. The fourth-order valence-corrected chi connectivity index (χ4v) is 1.97. The molecule has 0 atom stereocenters. The maximum atomic E-state index is 5.46. The molecule has 1 aromatic heterocycles. The van der Waals surface area contributed by atoms with E-state index in [0.717, 1.165) is 19.3 Å². The Morgan fingerprint density at radius 1 is 1.54 bits per heavy atom. The topological polar surface area (TPSA) is 48.2 Å². The molecule has 1 aliphatic rings. The molecule has 1 heterocycles. The first-order valence-electron chi connectivity index (χ1n) is 4.27. The van der Waals surface area contributed by atoms with Gasteiger partial charge in [-0.3, -0.25) is 0 Å². The van der Waals surface area contributed by atoms with E-state index in [-0.39, 0.29) is 5.60 Å². The molecule has 0 unspecified atom stereocenters. The van der Waals surface area contributed by atoms with E-state index in [9.17, 15) is 0 Å². The van der Waals surface area contributed by atoms with E-state index in [1.54, 1.807) is 7.11 Å². The molecule has 1 fully saturated rings. The summed E-state index contributed by atoms with van der Waals surface area (Å²) in [5.74, 6) is 0.686. The zero-order valence-corrected chi connectivity index (χ0v) is 9.57. The van der Waals surface area contributed by atoms with Gasteiger partial charge in [-0.2, -0.15) is 0 Å². The van der Waals surface area contributed by atoms with Gasteiger partial charge in [0.05, 0.1) is 12.0 Å². The van der Waals surface area contributed by atoms with E-state index in [2.05, 4.69) is 10.2 Å². The predicted molar refractivity (Wildman–Crippen MR) is 54.3 cm³/mol. The minimum Gasteiger partial charge on any atom is -0.416 e. The van der Waals surface area contributed by atoms with Crippen LogP contribution in [0.1, 0.15) is 25.2 Å². The normalized spacial score (nSPS) is 19.8. The average Bonchev–Trinajstić information content (AvgIpc) is 2.44. The molecular formula is C8H11IN2O2. The van der Waals surface area contributed by atoms with Crippen LogP contribution in [0, 0.1) is 3.90 Å². The molecule has 0 aromatic carbocycles. The maximum Gasteiger partial charge on any atom is 0.278 e. The van der Waals surface area contributed by atoms with Crippen molar-refractivity contribution in [3.63, 3.8) is 0 Å². The summed E-state index contributed by atoms with van der Waals surface area (Å²) in [6.45, 7) is 0. The minimum atomic E-state index is -0.0182. The lowest BCUT2D eigenvalue weighted by Gasteiger charge is -2.39. The van der Waals surface area contributed by atoms with E-state index in [0.29, 0.717) is 9.79 Å². The Morgan fingerprint density at radius 3 is 2.69 bits per heavy atom. The summed E-state index contributed by atoms with van der Waals surface area (Å²) in [7, 11) is 1.75. The van der Waals surface area contributed by atoms with E-state index in [4.69, 9.17) is 9.15 Å². The second kappa shape index (κ2) is 3.53. The van der Waals surface area contributed by atoms with Crippen molar-refractivity contribution in [2.24, 2.45) is 0 Å². The van der Waals surface area contributed by atoms with Crippen LogP contribution in [-0.4, -0.2) is 22.9 Å². The fraction of sp³-hybridized carbons (Fsp3) is 0.750. The van der Waals surface area contributed by atoms with Gasteiger partial charge in [0.25, 0.3) is 3.90 Å². The van der Waals surface area contributed by atoms with Crippen LogP contribution >= 0.6 is 22.6 Å². The Kier molecular flexibility index (Phi) is 2.55. The van der Waals surface area contributed by atoms with Crippen molar-refractivity contribution in [2.75, 3.05) is 7.11 Å². The Hall–Kier alpha value is -0.170. The van der Waals surface area contributed by atoms with Gasteiger partial charge in [0, 0.05) is 29.7 Å². The van der Waals surface area contributed by atoms with Crippen LogP contribution in [-0.2, 0) is 11.2 Å². The highest BCUT2D eigenvalue weighted by Gasteiger charge is 2.38. The van der Waals surface area contributed by atoms with Crippen molar-refractivity contribution in [1.82, 2.24) is 10.2 Å². The third-order valence-corrected chi connectivity index (χ3v) is 3.05. The smallest absolute Gasteiger partial charge is 0.278 e. The highest BCUT2D eigenvalue weighted by Crippen LogP contribution is 2.37. The fourth-order valence-electron chi connectivity index (χ4n) is 1.60. The summed E-state index contributed by atoms with van der Waals surface area (Å²) >= 11 is 2.01. The van der Waals surface area contributed by atoms with Gasteiger partial charge >= 0.3 is 0 Å². The number of rotatable bonds is 3. The van der Waals surface area contributed by atoms with Crippen molar-refractivity contribution < 1.29 is 9.15 Å². The van der Waals surface area contributed by atoms with E-state index in [1.165, 1.54) is 6.42 Å². The van der Waals surface area contributed by atoms with Gasteiger partial charge in [0.2, 0.25) is 5.89 Å². The molecule has 0 aliphatic heterocycles. The zero-order chi connectivity index (χ0) is 9.31. The van der Waals surface area contributed by atoms with Gasteiger partial charge in [-0.1, -0.05) is 0 Å². The van der Waals surface area contributed by atoms with Gasteiger partial charge in [-0.05, 0) is 19.3 Å². The van der Waals surface area contributed by atoms with Gasteiger partial charge < -0.3 is 9.15 Å². The highest BCUT2D eigenvalue weighted by atomic mass is 127. The van der Waals surface area contributed by atoms with Crippen molar-refractivity contribution in [2.45, 2.75) is 31.3 Å². The van der Waals surface area contributed by atoms with Crippen LogP contribution in [0.5, 0.6) is 0 Å². The summed E-state index contributed by atoms with van der Waals surface area (Å²) < 4.78 is 11.4. The van der Waals surface area contributed by atoms with Gasteiger partial charge in [-0.25, -0.2) is 0 Å². The minimum absolute atomic E-state index is 0.0182. The SMILES string of the molecule is COC1(Cc2nnc(I)o2)CCC1. The second-order valence-corrected chi connectivity index (χ2v) is 4.29. The zero-order valence-electron chi connectivity index (χ0n) is 7.42. The summed E-state index contributed by atoms with van der Waals surface area (Å²) in [6.07, 6.45) is 4.18. The molecule has 0 N–H and O–H groups in total. The number of halogens is 1. The number of aromatic nitrogens is 2. The number of hydrogen-bond acceptors (Lipinski definition) is 4. The van der Waals surface area contributed by atoms with Crippen LogP contribution in [0.25, 0.3) is 0 Å². The van der Waals surface area contributed by atoms with Gasteiger partial charge in [0.1, 0.15) is 0 Å². The molecular weight excluding hydrogens is 283 g/mol. The van der Waals surface area contributed by atoms with Crippen LogP contribution in [0.3, 0.4) is 0 Å². The molecule has 13 heavy (non-hydrogen) atoms. The number of methoxy groups -OCH3 is 1. The Bertz CT molecular complexity index is 291. The monoisotopic (exact) mass is 294 g/mol. The first kappa shape index (κ1) is 9.39. The maximum absolute atomic E-state index is 5.46. The highest BCUT2D eigenvalue weighted by molar-refractivity contribution is 14.1. The van der Waals surface area contributed by atoms with Gasteiger partial charge in [-0.15, -0.1) is 10.2 Å². The molecule has 0 amide bonds. The van der Waals surface area contributed by atoms with Crippen LogP contribution in [0.15, 0.2) is 4.42 Å². The quantitative estimate of drug-likeness (QED) is 0.797. The standard InChI is InChI=1S/C8H11IN2O2/c1-12-8(3-2-4-8)5-6-10-11-7(9)13-6/h2-5H2,1H3. The largest absolute Gasteiger partial charge is 0.416 e. The number of nitrogens with zero attached hydrogens (tertiary/aromatic N) is 2. The first-order valence-corrected chi connectivity index (χ1v) is 5.35. The molecule has 0 radical (unpaired) electrons. The first-order chi connectivity index (χ1) is 6.24. The molecule has 1 saturated carbocycles. The van der Waals surface area contributed by atoms with Gasteiger partial charge in [0.15, 0.2) is 0 Å². The van der Waals surface area contributed by atoms with Crippen LogP contribution in [0.4, 0.5) is 0 Å². The Balaban J connectivity index is 2.04. The molecule has 1 aliphatic carbocycles. The molecule has 2 rings (SSSR count). The molecule has 4 nitrogen and oxygen atoms in total. The van der Waals surface area contributed by atoms with Crippen LogP contribution < -0.4 is 0 Å². The second-order valence-electron chi connectivity index (χ2n) is 3.37. The molecule has 0 spiro atoms. The van der Waals surface area contributed by atoms with E-state index >= 15 is 0 Å². The average molecular weight is 294 g/mol. The van der Waals surface area contributed by atoms with Crippen molar-refractivity contribution in [1.29, 1.82) is 0 Å². The van der Waals surface area contributed by atoms with Crippen molar-refractivity contribution in [3.8, 4) is 0 Å². The summed E-state index contributed by atoms with van der Waals surface area (Å²) in [5, 5.41) is 7.73. The lowest BCUT2D eigenvalue weighted by Crippen LogP contribution is -2.41. The van der Waals surface area contributed by atoms with Crippen LogP contribution in [0.2, 0.25) is 0 Å². The lowest BCUT2D eigenvalue weighted by atomic mass is 9.77. The Labute approximate surface area is 90.2 Å². The molecule has 0 saturated heterocycles. The summed E-state index contributed by atoms with van der Waals surface area (Å²) in [5.41, 5.74) is -0.0182. The molecule has 5 heteroatoms. The lowest BCUT2D eigenvalue weighted by molar-refractivity contribution is -0.0747. The molecule has 0 bridgehead atoms. The Morgan fingerprint density at radius 2 is 2.31 bits per heavy atom. The van der Waals surface area contributed by atoms with E-state index in [1.807, 2.05) is 22.6 Å². The number of ether oxygens (including phenoxy) is 1. The summed E-state index contributed by atoms with van der Waals surface area (Å²) in [6, 6.07) is 0. The van der Waals surface area contributed by atoms with E-state index < -0.39 is 0 Å². The predicted octanol–water partition coefficient (Wildman–Crippen LogP) is 1.79.